The summed E-state index contributed by atoms with van der Waals surface area (Å²) in [5.41, 5.74) is 3.95. The topological polar surface area (TPSA) is 54.1 Å². The molecule has 4 heteroatoms. The molecule has 0 aliphatic carbocycles. The molecule has 0 aliphatic heterocycles. The van der Waals surface area contributed by atoms with Gasteiger partial charge in [0.2, 0.25) is 0 Å². The number of aromatic nitrogens is 1. The van der Waals surface area contributed by atoms with Crippen molar-refractivity contribution in [2.75, 3.05) is 13.7 Å². The van der Waals surface area contributed by atoms with Gasteiger partial charge in [-0.3, -0.25) is 4.79 Å². The van der Waals surface area contributed by atoms with E-state index in [9.17, 15) is 4.79 Å². The van der Waals surface area contributed by atoms with Gasteiger partial charge in [0, 0.05) is 24.1 Å². The second kappa shape index (κ2) is 5.45. The van der Waals surface area contributed by atoms with Crippen LogP contribution in [0.4, 0.5) is 0 Å². The Labute approximate surface area is 113 Å². The molecule has 1 aromatic heterocycles. The number of rotatable bonds is 4. The van der Waals surface area contributed by atoms with Crippen molar-refractivity contribution in [3.05, 3.63) is 35.0 Å². The number of carbonyl (C=O) groups excluding carboxylic acids is 1. The predicted octanol–water partition coefficient (Wildman–Crippen LogP) is 2.55. The molecule has 0 spiro atoms. The first-order valence-corrected chi connectivity index (χ1v) is 6.41. The standard InChI is InChI=1S/C15H20N2O2/c1-9-5-10(2)12-7-14(17-13(12)6-9)15(18)16-11(3)8-19-4/h5-7,11,17H,8H2,1-4H3,(H,16,18)/t11-/m0/s1. The molecule has 1 aromatic carbocycles. The number of ether oxygens (including phenoxy) is 1. The first kappa shape index (κ1) is 13.6. The zero-order valence-corrected chi connectivity index (χ0v) is 11.8. The first-order chi connectivity index (χ1) is 9.01. The fourth-order valence-corrected chi connectivity index (χ4v) is 2.31. The van der Waals surface area contributed by atoms with Crippen molar-refractivity contribution < 1.29 is 9.53 Å². The van der Waals surface area contributed by atoms with Crippen LogP contribution in [0.1, 0.15) is 28.5 Å². The largest absolute Gasteiger partial charge is 0.383 e. The number of aryl methyl sites for hydroxylation is 2. The Morgan fingerprint density at radius 2 is 2.11 bits per heavy atom. The average Bonchev–Trinajstić information content (AvgIpc) is 2.73. The van der Waals surface area contributed by atoms with E-state index in [1.165, 1.54) is 11.1 Å². The van der Waals surface area contributed by atoms with Crippen LogP contribution in [0.5, 0.6) is 0 Å². The van der Waals surface area contributed by atoms with Gasteiger partial charge in [-0.1, -0.05) is 6.07 Å². The molecule has 19 heavy (non-hydrogen) atoms. The lowest BCUT2D eigenvalue weighted by molar-refractivity contribution is 0.0901. The quantitative estimate of drug-likeness (QED) is 0.887. The van der Waals surface area contributed by atoms with Gasteiger partial charge in [-0.15, -0.1) is 0 Å². The molecule has 0 unspecified atom stereocenters. The van der Waals surface area contributed by atoms with E-state index in [4.69, 9.17) is 4.74 Å². The molecular formula is C15H20N2O2. The smallest absolute Gasteiger partial charge is 0.268 e. The molecule has 2 rings (SSSR count). The van der Waals surface area contributed by atoms with E-state index in [1.54, 1.807) is 7.11 Å². The van der Waals surface area contributed by atoms with E-state index in [0.717, 1.165) is 10.9 Å². The lowest BCUT2D eigenvalue weighted by Crippen LogP contribution is -2.35. The number of aromatic amines is 1. The SMILES string of the molecule is COC[C@H](C)NC(=O)c1cc2c(C)cc(C)cc2[nH]1. The van der Waals surface area contributed by atoms with Crippen LogP contribution in [0.25, 0.3) is 10.9 Å². The van der Waals surface area contributed by atoms with E-state index >= 15 is 0 Å². The van der Waals surface area contributed by atoms with Gasteiger partial charge >= 0.3 is 0 Å². The van der Waals surface area contributed by atoms with Crippen LogP contribution in [-0.2, 0) is 4.74 Å². The minimum Gasteiger partial charge on any atom is -0.383 e. The Morgan fingerprint density at radius 3 is 2.79 bits per heavy atom. The number of fused-ring (bicyclic) bond motifs is 1. The normalized spacial score (nSPS) is 12.6. The van der Waals surface area contributed by atoms with Crippen LogP contribution < -0.4 is 5.32 Å². The van der Waals surface area contributed by atoms with Gasteiger partial charge in [-0.25, -0.2) is 0 Å². The number of benzene rings is 1. The number of methoxy groups -OCH3 is 1. The third-order valence-corrected chi connectivity index (χ3v) is 3.13. The number of amides is 1. The van der Waals surface area contributed by atoms with Crippen molar-refractivity contribution in [1.29, 1.82) is 0 Å². The molecular weight excluding hydrogens is 240 g/mol. The minimum absolute atomic E-state index is 0.00764. The van der Waals surface area contributed by atoms with Crippen molar-refractivity contribution in [2.45, 2.75) is 26.8 Å². The van der Waals surface area contributed by atoms with Gasteiger partial charge in [-0.05, 0) is 44.0 Å². The highest BCUT2D eigenvalue weighted by Gasteiger charge is 2.13. The van der Waals surface area contributed by atoms with E-state index in [2.05, 4.69) is 29.4 Å². The molecule has 102 valence electrons. The number of carbonyl (C=O) groups is 1. The van der Waals surface area contributed by atoms with Crippen molar-refractivity contribution >= 4 is 16.8 Å². The van der Waals surface area contributed by atoms with Crippen LogP contribution in [0.15, 0.2) is 18.2 Å². The zero-order valence-electron chi connectivity index (χ0n) is 11.8. The lowest BCUT2D eigenvalue weighted by Gasteiger charge is -2.11. The Hall–Kier alpha value is -1.81. The number of H-pyrrole nitrogens is 1. The fraction of sp³-hybridized carbons (Fsp3) is 0.400. The number of hydrogen-bond acceptors (Lipinski definition) is 2. The highest BCUT2D eigenvalue weighted by Crippen LogP contribution is 2.21. The molecule has 0 bridgehead atoms. The number of hydrogen-bond donors (Lipinski definition) is 2. The van der Waals surface area contributed by atoms with Crippen molar-refractivity contribution in [3.8, 4) is 0 Å². The van der Waals surface area contributed by atoms with Gasteiger partial charge in [0.25, 0.3) is 5.91 Å². The summed E-state index contributed by atoms with van der Waals surface area (Å²) in [5.74, 6) is -0.0993. The van der Waals surface area contributed by atoms with Crippen LogP contribution in [0.3, 0.4) is 0 Å². The molecule has 1 amide bonds. The molecule has 0 saturated carbocycles. The van der Waals surface area contributed by atoms with Crippen molar-refractivity contribution in [3.63, 3.8) is 0 Å². The van der Waals surface area contributed by atoms with Gasteiger partial charge in [0.05, 0.1) is 6.61 Å². The Bertz CT molecular complexity index is 601. The summed E-state index contributed by atoms with van der Waals surface area (Å²) in [4.78, 5) is 15.3. The average molecular weight is 260 g/mol. The predicted molar refractivity (Wildman–Crippen MR) is 76.6 cm³/mol. The summed E-state index contributed by atoms with van der Waals surface area (Å²) in [6.45, 7) is 6.52. The van der Waals surface area contributed by atoms with E-state index < -0.39 is 0 Å². The van der Waals surface area contributed by atoms with Crippen LogP contribution >= 0.6 is 0 Å². The maximum absolute atomic E-state index is 12.1. The molecule has 0 radical (unpaired) electrons. The monoisotopic (exact) mass is 260 g/mol. The van der Waals surface area contributed by atoms with E-state index in [-0.39, 0.29) is 11.9 Å². The lowest BCUT2D eigenvalue weighted by atomic mass is 10.1. The molecule has 1 heterocycles. The zero-order chi connectivity index (χ0) is 14.0. The van der Waals surface area contributed by atoms with Crippen LogP contribution in [0, 0.1) is 13.8 Å². The van der Waals surface area contributed by atoms with Crippen LogP contribution in [-0.4, -0.2) is 30.6 Å². The minimum atomic E-state index is -0.0993. The third-order valence-electron chi connectivity index (χ3n) is 3.13. The summed E-state index contributed by atoms with van der Waals surface area (Å²) in [5, 5.41) is 3.99. The first-order valence-electron chi connectivity index (χ1n) is 6.41. The van der Waals surface area contributed by atoms with Gasteiger partial charge < -0.3 is 15.0 Å². The molecule has 0 saturated heterocycles. The van der Waals surface area contributed by atoms with Crippen LogP contribution in [0.2, 0.25) is 0 Å². The summed E-state index contributed by atoms with van der Waals surface area (Å²) < 4.78 is 5.01. The summed E-state index contributed by atoms with van der Waals surface area (Å²) >= 11 is 0. The summed E-state index contributed by atoms with van der Waals surface area (Å²) in [7, 11) is 1.62. The molecule has 1 atom stereocenters. The highest BCUT2D eigenvalue weighted by atomic mass is 16.5. The fourth-order valence-electron chi connectivity index (χ4n) is 2.31. The maximum atomic E-state index is 12.1. The maximum Gasteiger partial charge on any atom is 0.268 e. The third kappa shape index (κ3) is 2.96. The second-order valence-electron chi connectivity index (χ2n) is 5.06. The van der Waals surface area contributed by atoms with E-state index in [0.29, 0.717) is 12.3 Å². The second-order valence-corrected chi connectivity index (χ2v) is 5.06. The van der Waals surface area contributed by atoms with Crippen molar-refractivity contribution in [2.24, 2.45) is 0 Å². The van der Waals surface area contributed by atoms with Crippen molar-refractivity contribution in [1.82, 2.24) is 10.3 Å². The Kier molecular flexibility index (Phi) is 3.90. The van der Waals surface area contributed by atoms with Gasteiger partial charge in [0.15, 0.2) is 0 Å². The van der Waals surface area contributed by atoms with Gasteiger partial charge in [0.1, 0.15) is 5.69 Å². The molecule has 0 fully saturated rings. The molecule has 4 nitrogen and oxygen atoms in total. The Balaban J connectivity index is 2.26. The summed E-state index contributed by atoms with van der Waals surface area (Å²) in [6, 6.07) is 6.06. The highest BCUT2D eigenvalue weighted by molar-refractivity contribution is 5.99. The number of nitrogens with one attached hydrogen (secondary N) is 2. The van der Waals surface area contributed by atoms with Gasteiger partial charge in [-0.2, -0.15) is 0 Å². The molecule has 0 aliphatic rings. The molecule has 2 aromatic rings. The summed E-state index contributed by atoms with van der Waals surface area (Å²) in [6.07, 6.45) is 0. The molecule has 2 N–H and O–H groups in total. The van der Waals surface area contributed by atoms with E-state index in [1.807, 2.05) is 19.9 Å². The Morgan fingerprint density at radius 1 is 1.37 bits per heavy atom.